The second-order valence-electron chi connectivity index (χ2n) is 5.97. The molecule has 1 aliphatic rings. The summed E-state index contributed by atoms with van der Waals surface area (Å²) < 4.78 is 0. The van der Waals surface area contributed by atoms with Gasteiger partial charge in [0.15, 0.2) is 6.04 Å². The summed E-state index contributed by atoms with van der Waals surface area (Å²) in [4.78, 5) is 19.4. The first-order chi connectivity index (χ1) is 11.2. The number of hydrogen-bond donors (Lipinski definition) is 2. The monoisotopic (exact) mass is 312 g/mol. The van der Waals surface area contributed by atoms with Crippen molar-refractivity contribution >= 4 is 17.4 Å². The van der Waals surface area contributed by atoms with Crippen LogP contribution in [-0.2, 0) is 4.79 Å². The predicted molar refractivity (Wildman–Crippen MR) is 90.4 cm³/mol. The zero-order valence-corrected chi connectivity index (χ0v) is 13.5. The van der Waals surface area contributed by atoms with Crippen LogP contribution in [0.4, 0.5) is 11.5 Å². The lowest BCUT2D eigenvalue weighted by Crippen LogP contribution is -3.19. The van der Waals surface area contributed by atoms with Gasteiger partial charge in [-0.2, -0.15) is 0 Å². The molecule has 1 amide bonds. The molecule has 1 aromatic heterocycles. The fourth-order valence-electron chi connectivity index (χ4n) is 3.01. The second-order valence-corrected chi connectivity index (χ2v) is 5.97. The fraction of sp³-hybridized carbons (Fsp3) is 0.333. The lowest BCUT2D eigenvalue weighted by Gasteiger charge is -2.31. The third kappa shape index (κ3) is 3.87. The standard InChI is InChI=1S/C18H22N4O/c1-15(18(23)20-16-7-3-2-4-8-16)21-11-13-22(14-12-21)17-9-5-6-10-19-17/h2-10,15H,11-14H2,1H3,(H,20,23)/p+2/t15-/m0/s1. The first-order valence-electron chi connectivity index (χ1n) is 8.16. The molecule has 1 aliphatic heterocycles. The van der Waals surface area contributed by atoms with Crippen molar-refractivity contribution in [3.63, 3.8) is 0 Å². The Bertz CT molecular complexity index is 624. The van der Waals surface area contributed by atoms with E-state index in [0.29, 0.717) is 0 Å². The number of pyridine rings is 1. The molecule has 3 N–H and O–H groups in total. The summed E-state index contributed by atoms with van der Waals surface area (Å²) in [6, 6.07) is 15.7. The number of aromatic nitrogens is 1. The van der Waals surface area contributed by atoms with E-state index in [1.165, 1.54) is 4.90 Å². The number of anilines is 2. The van der Waals surface area contributed by atoms with Gasteiger partial charge in [-0.3, -0.25) is 9.69 Å². The Morgan fingerprint density at radius 1 is 1.13 bits per heavy atom. The number of rotatable bonds is 4. The summed E-state index contributed by atoms with van der Waals surface area (Å²) in [7, 11) is 0. The van der Waals surface area contributed by atoms with Crippen molar-refractivity contribution in [2.24, 2.45) is 0 Å². The Kier molecular flexibility index (Phi) is 4.88. The van der Waals surface area contributed by atoms with Crippen molar-refractivity contribution in [2.45, 2.75) is 13.0 Å². The van der Waals surface area contributed by atoms with Gasteiger partial charge in [0, 0.05) is 11.8 Å². The Balaban J connectivity index is 1.53. The zero-order valence-electron chi connectivity index (χ0n) is 13.5. The van der Waals surface area contributed by atoms with E-state index in [4.69, 9.17) is 0 Å². The minimum absolute atomic E-state index is 0.0443. The number of hydrogen-bond acceptors (Lipinski definition) is 2. The van der Waals surface area contributed by atoms with Crippen molar-refractivity contribution in [1.82, 2.24) is 0 Å². The van der Waals surface area contributed by atoms with E-state index in [1.54, 1.807) is 0 Å². The summed E-state index contributed by atoms with van der Waals surface area (Å²) in [5.74, 6) is 1.24. The summed E-state index contributed by atoms with van der Waals surface area (Å²) >= 11 is 0. The molecule has 0 radical (unpaired) electrons. The van der Waals surface area contributed by atoms with Crippen LogP contribution in [0.2, 0.25) is 0 Å². The SMILES string of the molecule is C[C@@H](C(=O)Nc1ccccc1)[NH+]1CCN(c2cccc[nH+]2)CC1. The first kappa shape index (κ1) is 15.5. The molecule has 0 aliphatic carbocycles. The highest BCUT2D eigenvalue weighted by Crippen LogP contribution is 2.06. The summed E-state index contributed by atoms with van der Waals surface area (Å²) in [6.45, 7) is 5.85. The molecular formula is C18H24N4O+2. The van der Waals surface area contributed by atoms with Crippen LogP contribution in [0.1, 0.15) is 6.92 Å². The van der Waals surface area contributed by atoms with Gasteiger partial charge < -0.3 is 10.2 Å². The largest absolute Gasteiger partial charge is 0.321 e. The quantitative estimate of drug-likeness (QED) is 0.849. The molecule has 1 aromatic carbocycles. The van der Waals surface area contributed by atoms with E-state index in [0.717, 1.165) is 37.7 Å². The van der Waals surface area contributed by atoms with E-state index >= 15 is 0 Å². The van der Waals surface area contributed by atoms with Gasteiger partial charge in [0.1, 0.15) is 26.2 Å². The van der Waals surface area contributed by atoms with Gasteiger partial charge in [-0.05, 0) is 25.1 Å². The predicted octanol–water partition coefficient (Wildman–Crippen LogP) is 0.233. The fourth-order valence-corrected chi connectivity index (χ4v) is 3.01. The number of quaternary nitrogens is 1. The number of carbonyl (C=O) groups is 1. The first-order valence-corrected chi connectivity index (χ1v) is 8.16. The van der Waals surface area contributed by atoms with Crippen molar-refractivity contribution in [3.8, 4) is 0 Å². The lowest BCUT2D eigenvalue weighted by molar-refractivity contribution is -0.914. The molecule has 0 bridgehead atoms. The second kappa shape index (κ2) is 7.24. The molecule has 5 nitrogen and oxygen atoms in total. The average Bonchev–Trinajstić information content (AvgIpc) is 2.63. The van der Waals surface area contributed by atoms with Crippen LogP contribution in [0, 0.1) is 0 Å². The third-order valence-corrected chi connectivity index (χ3v) is 4.49. The normalized spacial score (nSPS) is 16.8. The number of nitrogens with zero attached hydrogens (tertiary/aromatic N) is 1. The number of nitrogens with one attached hydrogen (secondary N) is 3. The van der Waals surface area contributed by atoms with Crippen molar-refractivity contribution in [2.75, 3.05) is 36.4 Å². The molecule has 23 heavy (non-hydrogen) atoms. The number of amides is 1. The van der Waals surface area contributed by atoms with Gasteiger partial charge in [0.25, 0.3) is 11.7 Å². The Morgan fingerprint density at radius 3 is 2.48 bits per heavy atom. The van der Waals surface area contributed by atoms with Gasteiger partial charge >= 0.3 is 0 Å². The Hall–Kier alpha value is -2.40. The van der Waals surface area contributed by atoms with E-state index < -0.39 is 0 Å². The highest BCUT2D eigenvalue weighted by atomic mass is 16.2. The van der Waals surface area contributed by atoms with Crippen LogP contribution in [0.25, 0.3) is 0 Å². The molecule has 0 unspecified atom stereocenters. The molecule has 5 heteroatoms. The van der Waals surface area contributed by atoms with Gasteiger partial charge in [-0.25, -0.2) is 4.98 Å². The third-order valence-electron chi connectivity index (χ3n) is 4.49. The maximum atomic E-state index is 12.4. The van der Waals surface area contributed by atoms with E-state index in [2.05, 4.69) is 21.3 Å². The van der Waals surface area contributed by atoms with Crippen LogP contribution in [0.5, 0.6) is 0 Å². The molecule has 1 saturated heterocycles. The summed E-state index contributed by atoms with van der Waals surface area (Å²) in [5, 5.41) is 3.00. The Morgan fingerprint density at radius 2 is 1.83 bits per heavy atom. The van der Waals surface area contributed by atoms with Crippen molar-refractivity contribution in [1.29, 1.82) is 0 Å². The van der Waals surface area contributed by atoms with Gasteiger partial charge in [-0.1, -0.05) is 24.3 Å². The molecule has 1 fully saturated rings. The lowest BCUT2D eigenvalue weighted by atomic mass is 10.2. The van der Waals surface area contributed by atoms with Crippen LogP contribution in [0.15, 0.2) is 54.7 Å². The number of aromatic amines is 1. The average molecular weight is 312 g/mol. The molecule has 3 rings (SSSR count). The van der Waals surface area contributed by atoms with Crippen LogP contribution in [0.3, 0.4) is 0 Å². The number of carbonyl (C=O) groups excluding carboxylic acids is 1. The smallest absolute Gasteiger partial charge is 0.282 e. The van der Waals surface area contributed by atoms with Crippen molar-refractivity contribution in [3.05, 3.63) is 54.7 Å². The molecule has 0 saturated carbocycles. The van der Waals surface area contributed by atoms with Gasteiger partial charge in [0.05, 0.1) is 6.20 Å². The number of piperazine rings is 1. The maximum absolute atomic E-state index is 12.4. The minimum atomic E-state index is -0.0443. The minimum Gasteiger partial charge on any atom is -0.321 e. The molecule has 2 heterocycles. The molecule has 120 valence electrons. The van der Waals surface area contributed by atoms with Gasteiger partial charge in [0.2, 0.25) is 0 Å². The topological polar surface area (TPSA) is 50.9 Å². The van der Waals surface area contributed by atoms with E-state index in [1.807, 2.05) is 55.6 Å². The number of benzene rings is 1. The van der Waals surface area contributed by atoms with Crippen LogP contribution >= 0.6 is 0 Å². The Labute approximate surface area is 136 Å². The summed E-state index contributed by atoms with van der Waals surface area (Å²) in [5.41, 5.74) is 0.862. The van der Waals surface area contributed by atoms with E-state index in [9.17, 15) is 4.79 Å². The molecule has 0 spiro atoms. The molecule has 1 atom stereocenters. The maximum Gasteiger partial charge on any atom is 0.282 e. The van der Waals surface area contributed by atoms with E-state index in [-0.39, 0.29) is 11.9 Å². The summed E-state index contributed by atoms with van der Waals surface area (Å²) in [6.07, 6.45) is 1.95. The highest BCUT2D eigenvalue weighted by Gasteiger charge is 2.32. The van der Waals surface area contributed by atoms with Crippen LogP contribution < -0.4 is 20.1 Å². The molecule has 2 aromatic rings. The molecular weight excluding hydrogens is 288 g/mol. The van der Waals surface area contributed by atoms with Crippen LogP contribution in [-0.4, -0.2) is 38.1 Å². The number of H-pyrrole nitrogens is 1. The zero-order chi connectivity index (χ0) is 16.1. The van der Waals surface area contributed by atoms with Gasteiger partial charge in [-0.15, -0.1) is 0 Å². The van der Waals surface area contributed by atoms with Crippen molar-refractivity contribution < 1.29 is 14.7 Å². The highest BCUT2D eigenvalue weighted by molar-refractivity contribution is 5.93. The number of para-hydroxylation sites is 1.